The Morgan fingerprint density at radius 3 is 2.65 bits per heavy atom. The van der Waals surface area contributed by atoms with Crippen LogP contribution in [-0.2, 0) is 10.2 Å². The van der Waals surface area contributed by atoms with Crippen molar-refractivity contribution in [2.45, 2.75) is 44.6 Å². The van der Waals surface area contributed by atoms with Gasteiger partial charge in [0.05, 0.1) is 47.1 Å². The van der Waals surface area contributed by atoms with Crippen LogP contribution in [0.5, 0.6) is 0 Å². The number of rotatable bonds is 5. The Bertz CT molecular complexity index is 1640. The van der Waals surface area contributed by atoms with Crippen molar-refractivity contribution in [1.82, 2.24) is 44.4 Å². The van der Waals surface area contributed by atoms with E-state index < -0.39 is 17.3 Å². The van der Waals surface area contributed by atoms with E-state index in [1.165, 1.54) is 34.0 Å². The van der Waals surface area contributed by atoms with Crippen molar-refractivity contribution in [2.24, 2.45) is 0 Å². The summed E-state index contributed by atoms with van der Waals surface area (Å²) in [5, 5.41) is 19.8. The third-order valence-electron chi connectivity index (χ3n) is 6.77. The molecule has 0 aromatic carbocycles. The van der Waals surface area contributed by atoms with E-state index >= 15 is 0 Å². The number of carbonyl (C=O) groups is 1. The van der Waals surface area contributed by atoms with E-state index in [4.69, 9.17) is 11.6 Å². The zero-order valence-electron chi connectivity index (χ0n) is 20.2. The van der Waals surface area contributed by atoms with Crippen molar-refractivity contribution in [2.75, 3.05) is 5.32 Å². The normalized spacial score (nSPS) is 19.0. The fraction of sp³-hybridized carbons (Fsp3) is 0.292. The van der Waals surface area contributed by atoms with Crippen molar-refractivity contribution in [3.8, 4) is 5.82 Å². The number of nitrogens with zero attached hydrogens (tertiary/aromatic N) is 9. The smallest absolute Gasteiger partial charge is 0.235 e. The summed E-state index contributed by atoms with van der Waals surface area (Å²) in [5.41, 5.74) is 2.41. The van der Waals surface area contributed by atoms with Gasteiger partial charge >= 0.3 is 0 Å². The molecule has 1 aliphatic rings. The zero-order valence-corrected chi connectivity index (χ0v) is 20.9. The molecule has 5 aromatic heterocycles. The summed E-state index contributed by atoms with van der Waals surface area (Å²) < 4.78 is 17.5. The number of anilines is 1. The molecule has 2 atom stereocenters. The maximum Gasteiger partial charge on any atom is 0.235 e. The number of pyridine rings is 1. The first-order valence-electron chi connectivity index (χ1n) is 11.7. The molecule has 1 aliphatic carbocycles. The number of halogens is 2. The van der Waals surface area contributed by atoms with Crippen LogP contribution >= 0.6 is 11.6 Å². The molecule has 1 unspecified atom stereocenters. The third-order valence-corrected chi connectivity index (χ3v) is 7.05. The number of fused-ring (bicyclic) bond motifs is 3. The third kappa shape index (κ3) is 3.75. The molecule has 0 bridgehead atoms. The van der Waals surface area contributed by atoms with Gasteiger partial charge < -0.3 is 5.32 Å². The molecule has 5 aromatic rings. The van der Waals surface area contributed by atoms with Crippen LogP contribution in [0.15, 0.2) is 49.3 Å². The standard InChI is InChI=1S/C24H22ClFN10O/c1-13(2)34-12-14(9-31-34)24(3)8-16(17-11-27-20-7-19(26)33-35(20)21(17)24)23(37)32-15-6-18(25)22(28-10-15)36-29-4-5-30-36/h4-7,9-13,16H,8H2,1-3H3,(H,32,37)/t16?,24-/m1/s1. The van der Waals surface area contributed by atoms with Gasteiger partial charge in [-0.3, -0.25) is 9.48 Å². The highest BCUT2D eigenvalue weighted by molar-refractivity contribution is 6.32. The molecule has 1 amide bonds. The van der Waals surface area contributed by atoms with E-state index in [0.717, 1.165) is 5.56 Å². The lowest BCUT2D eigenvalue weighted by Crippen LogP contribution is -2.25. The van der Waals surface area contributed by atoms with E-state index in [2.05, 4.69) is 35.7 Å². The molecule has 13 heteroatoms. The summed E-state index contributed by atoms with van der Waals surface area (Å²) in [6, 6.07) is 3.03. The van der Waals surface area contributed by atoms with Gasteiger partial charge in [-0.1, -0.05) is 11.6 Å². The van der Waals surface area contributed by atoms with Crippen molar-refractivity contribution in [1.29, 1.82) is 0 Å². The second kappa shape index (κ2) is 8.44. The topological polar surface area (TPSA) is 121 Å². The van der Waals surface area contributed by atoms with E-state index in [-0.39, 0.29) is 17.0 Å². The van der Waals surface area contributed by atoms with Gasteiger partial charge in [0.25, 0.3) is 0 Å². The molecule has 0 saturated heterocycles. The first kappa shape index (κ1) is 23.2. The quantitative estimate of drug-likeness (QED) is 0.375. The average Bonchev–Trinajstić information content (AvgIpc) is 3.64. The van der Waals surface area contributed by atoms with Crippen LogP contribution in [0.25, 0.3) is 11.5 Å². The first-order chi connectivity index (χ1) is 17.7. The predicted molar refractivity (Wildman–Crippen MR) is 132 cm³/mol. The Labute approximate surface area is 215 Å². The van der Waals surface area contributed by atoms with Crippen molar-refractivity contribution in [3.63, 3.8) is 0 Å². The number of hydrogen-bond donors (Lipinski definition) is 1. The number of nitrogens with one attached hydrogen (secondary N) is 1. The SMILES string of the molecule is CC(C)n1cc([C@@]2(C)CC(C(=O)Nc3cnc(-n4nccn4)c(Cl)c3)c3cnc4cc(F)nn4c32)cn1. The van der Waals surface area contributed by atoms with Crippen LogP contribution in [0.3, 0.4) is 0 Å². The second-order valence-electron chi connectivity index (χ2n) is 9.53. The van der Waals surface area contributed by atoms with E-state index in [9.17, 15) is 9.18 Å². The Morgan fingerprint density at radius 2 is 1.95 bits per heavy atom. The maximum absolute atomic E-state index is 14.2. The summed E-state index contributed by atoms with van der Waals surface area (Å²) >= 11 is 6.38. The lowest BCUT2D eigenvalue weighted by molar-refractivity contribution is -0.117. The van der Waals surface area contributed by atoms with Crippen LogP contribution in [0, 0.1) is 5.95 Å². The minimum atomic E-state index is -0.671. The van der Waals surface area contributed by atoms with Crippen LogP contribution in [0.4, 0.5) is 10.1 Å². The molecule has 188 valence electrons. The lowest BCUT2D eigenvalue weighted by atomic mass is 9.80. The molecule has 5 heterocycles. The molecule has 6 rings (SSSR count). The summed E-state index contributed by atoms with van der Waals surface area (Å²) in [6.45, 7) is 6.09. The Hall–Kier alpha value is -4.19. The largest absolute Gasteiger partial charge is 0.324 e. The summed E-state index contributed by atoms with van der Waals surface area (Å²) in [5.74, 6) is -1.14. The van der Waals surface area contributed by atoms with Gasteiger partial charge in [-0.25, -0.2) is 14.5 Å². The van der Waals surface area contributed by atoms with Crippen molar-refractivity contribution < 1.29 is 9.18 Å². The molecule has 11 nitrogen and oxygen atoms in total. The molecular weight excluding hydrogens is 499 g/mol. The van der Waals surface area contributed by atoms with Crippen molar-refractivity contribution in [3.05, 3.63) is 77.1 Å². The van der Waals surface area contributed by atoms with Gasteiger partial charge in [0, 0.05) is 41.0 Å². The second-order valence-corrected chi connectivity index (χ2v) is 9.94. The van der Waals surface area contributed by atoms with Gasteiger partial charge in [-0.15, -0.1) is 9.90 Å². The molecule has 37 heavy (non-hydrogen) atoms. The van der Waals surface area contributed by atoms with Crippen molar-refractivity contribution >= 4 is 28.8 Å². The monoisotopic (exact) mass is 520 g/mol. The summed E-state index contributed by atoms with van der Waals surface area (Å²) in [4.78, 5) is 23.6. The average molecular weight is 521 g/mol. The number of aromatic nitrogens is 9. The van der Waals surface area contributed by atoms with E-state index in [1.807, 2.05) is 31.6 Å². The fourth-order valence-electron chi connectivity index (χ4n) is 4.94. The van der Waals surface area contributed by atoms with Crippen LogP contribution in [-0.4, -0.2) is 50.3 Å². The molecular formula is C24H22ClFN10O. The molecule has 0 saturated carbocycles. The molecule has 0 fully saturated rings. The summed E-state index contributed by atoms with van der Waals surface area (Å²) in [7, 11) is 0. The van der Waals surface area contributed by atoms with Gasteiger partial charge in [-0.2, -0.15) is 19.7 Å². The van der Waals surface area contributed by atoms with Gasteiger partial charge in [0.1, 0.15) is 0 Å². The molecule has 0 aliphatic heterocycles. The van der Waals surface area contributed by atoms with Gasteiger partial charge in [0.2, 0.25) is 11.9 Å². The Balaban J connectivity index is 1.38. The highest BCUT2D eigenvalue weighted by Crippen LogP contribution is 2.50. The Kier molecular flexibility index (Phi) is 5.30. The number of carbonyl (C=O) groups excluding carboxylic acids is 1. The zero-order chi connectivity index (χ0) is 25.9. The highest BCUT2D eigenvalue weighted by atomic mass is 35.5. The number of amides is 1. The minimum Gasteiger partial charge on any atom is -0.324 e. The Morgan fingerprint density at radius 1 is 1.16 bits per heavy atom. The summed E-state index contributed by atoms with van der Waals surface area (Å²) in [6.07, 6.45) is 10.3. The minimum absolute atomic E-state index is 0.161. The molecule has 0 spiro atoms. The van der Waals surface area contributed by atoms with E-state index in [1.54, 1.807) is 18.5 Å². The molecule has 1 N–H and O–H groups in total. The highest BCUT2D eigenvalue weighted by Gasteiger charge is 2.48. The van der Waals surface area contributed by atoms with Gasteiger partial charge in [-0.05, 0) is 33.3 Å². The van der Waals surface area contributed by atoms with Crippen LogP contribution < -0.4 is 5.32 Å². The van der Waals surface area contributed by atoms with Crippen LogP contribution in [0.2, 0.25) is 5.02 Å². The fourth-order valence-corrected chi connectivity index (χ4v) is 5.18. The first-order valence-corrected chi connectivity index (χ1v) is 12.0. The number of hydrogen-bond acceptors (Lipinski definition) is 7. The predicted octanol–water partition coefficient (Wildman–Crippen LogP) is 3.71. The lowest BCUT2D eigenvalue weighted by Gasteiger charge is -2.24. The molecule has 0 radical (unpaired) electrons. The maximum atomic E-state index is 14.2. The van der Waals surface area contributed by atoms with Crippen LogP contribution in [0.1, 0.15) is 56.0 Å². The van der Waals surface area contributed by atoms with E-state index in [0.29, 0.717) is 34.8 Å². The van der Waals surface area contributed by atoms with Gasteiger partial charge in [0.15, 0.2) is 11.5 Å².